The number of thioether (sulfide) groups is 1. The molecule has 0 fully saturated rings. The number of benzene rings is 2. The number of carbonyl (C=O) groups excluding carboxylic acids is 1. The van der Waals surface area contributed by atoms with E-state index >= 15 is 0 Å². The Morgan fingerprint density at radius 3 is 2.45 bits per heavy atom. The van der Waals surface area contributed by atoms with Gasteiger partial charge in [0.2, 0.25) is 11.8 Å². The summed E-state index contributed by atoms with van der Waals surface area (Å²) in [6.07, 6.45) is 0. The summed E-state index contributed by atoms with van der Waals surface area (Å²) in [5.74, 6) is 1.46. The molecule has 0 saturated carbocycles. The Labute approximate surface area is 179 Å². The maximum atomic E-state index is 12.5. The van der Waals surface area contributed by atoms with E-state index < -0.39 is 0 Å². The standard InChI is InChI=1S/C21H22ClN3O3S/c1-13(2)19(14-4-8-16(22)9-5-14)23-18(26)12-29-21-25-24-20(28-21)15-6-10-17(27-3)11-7-15/h4-11,13,19H,12H2,1-3H3,(H,23,26). The lowest BCUT2D eigenvalue weighted by atomic mass is 9.96. The summed E-state index contributed by atoms with van der Waals surface area (Å²) in [6.45, 7) is 4.12. The van der Waals surface area contributed by atoms with Crippen LogP contribution >= 0.6 is 23.4 Å². The van der Waals surface area contributed by atoms with Crippen molar-refractivity contribution in [2.45, 2.75) is 25.1 Å². The number of amides is 1. The first kappa shape index (κ1) is 21.2. The second-order valence-electron chi connectivity index (χ2n) is 6.73. The molecule has 0 bridgehead atoms. The van der Waals surface area contributed by atoms with Gasteiger partial charge < -0.3 is 14.5 Å². The van der Waals surface area contributed by atoms with Gasteiger partial charge in [0.1, 0.15) is 5.75 Å². The molecule has 0 spiro atoms. The molecule has 152 valence electrons. The first-order valence-corrected chi connectivity index (χ1v) is 10.5. The Hall–Kier alpha value is -2.51. The van der Waals surface area contributed by atoms with Crippen LogP contribution in [0.5, 0.6) is 5.75 Å². The monoisotopic (exact) mass is 431 g/mol. The fourth-order valence-corrected chi connectivity index (χ4v) is 3.47. The van der Waals surface area contributed by atoms with Crippen LogP contribution in [-0.2, 0) is 4.79 Å². The minimum atomic E-state index is -0.104. The number of nitrogens with one attached hydrogen (secondary N) is 1. The Balaban J connectivity index is 1.58. The fraction of sp³-hybridized carbons (Fsp3) is 0.286. The molecule has 0 aliphatic rings. The van der Waals surface area contributed by atoms with Gasteiger partial charge >= 0.3 is 0 Å². The molecule has 2 aromatic carbocycles. The molecular weight excluding hydrogens is 410 g/mol. The van der Waals surface area contributed by atoms with Crippen LogP contribution < -0.4 is 10.1 Å². The molecule has 8 heteroatoms. The molecule has 1 aromatic heterocycles. The van der Waals surface area contributed by atoms with Crippen molar-refractivity contribution in [3.05, 3.63) is 59.1 Å². The average Bonchev–Trinajstić information content (AvgIpc) is 3.20. The lowest BCUT2D eigenvalue weighted by molar-refractivity contribution is -0.119. The van der Waals surface area contributed by atoms with Crippen molar-refractivity contribution < 1.29 is 13.9 Å². The number of methoxy groups -OCH3 is 1. The van der Waals surface area contributed by atoms with Gasteiger partial charge in [-0.2, -0.15) is 0 Å². The summed E-state index contributed by atoms with van der Waals surface area (Å²) in [5, 5.41) is 12.1. The van der Waals surface area contributed by atoms with E-state index in [1.54, 1.807) is 7.11 Å². The molecule has 29 heavy (non-hydrogen) atoms. The number of ether oxygens (including phenoxy) is 1. The van der Waals surface area contributed by atoms with Crippen LogP contribution in [0.25, 0.3) is 11.5 Å². The van der Waals surface area contributed by atoms with Gasteiger partial charge in [0.25, 0.3) is 5.22 Å². The predicted molar refractivity (Wildman–Crippen MR) is 114 cm³/mol. The molecular formula is C21H22ClN3O3S. The zero-order chi connectivity index (χ0) is 20.8. The lowest BCUT2D eigenvalue weighted by Gasteiger charge is -2.22. The Morgan fingerprint density at radius 2 is 1.83 bits per heavy atom. The number of halogens is 1. The highest BCUT2D eigenvalue weighted by Gasteiger charge is 2.19. The molecule has 0 radical (unpaired) electrons. The van der Waals surface area contributed by atoms with Gasteiger partial charge in [-0.25, -0.2) is 0 Å². The predicted octanol–water partition coefficient (Wildman–Crippen LogP) is 5.00. The van der Waals surface area contributed by atoms with Crippen LogP contribution in [0.15, 0.2) is 58.2 Å². The second kappa shape index (κ2) is 9.80. The van der Waals surface area contributed by atoms with Crippen LogP contribution in [0.4, 0.5) is 0 Å². The highest BCUT2D eigenvalue weighted by Crippen LogP contribution is 2.26. The van der Waals surface area contributed by atoms with Crippen LogP contribution in [0, 0.1) is 5.92 Å². The summed E-state index contributed by atoms with van der Waals surface area (Å²) in [4.78, 5) is 12.5. The largest absolute Gasteiger partial charge is 0.497 e. The average molecular weight is 432 g/mol. The van der Waals surface area contributed by atoms with Crippen molar-refractivity contribution in [1.82, 2.24) is 15.5 Å². The van der Waals surface area contributed by atoms with Crippen molar-refractivity contribution in [3.63, 3.8) is 0 Å². The summed E-state index contributed by atoms with van der Waals surface area (Å²) in [5.41, 5.74) is 1.81. The molecule has 1 atom stereocenters. The SMILES string of the molecule is COc1ccc(-c2nnc(SCC(=O)NC(c3ccc(Cl)cc3)C(C)C)o2)cc1. The van der Waals surface area contributed by atoms with Gasteiger partial charge in [-0.05, 0) is 47.9 Å². The summed E-state index contributed by atoms with van der Waals surface area (Å²) >= 11 is 7.17. The Kier molecular flexibility index (Phi) is 7.17. The first-order chi connectivity index (χ1) is 14.0. The molecule has 0 aliphatic carbocycles. The molecule has 0 aliphatic heterocycles. The van der Waals surface area contributed by atoms with Crippen molar-refractivity contribution in [1.29, 1.82) is 0 Å². The Morgan fingerprint density at radius 1 is 1.14 bits per heavy atom. The minimum absolute atomic E-state index is 0.0992. The third kappa shape index (κ3) is 5.74. The van der Waals surface area contributed by atoms with Crippen molar-refractivity contribution in [2.24, 2.45) is 5.92 Å². The van der Waals surface area contributed by atoms with E-state index in [2.05, 4.69) is 29.4 Å². The van der Waals surface area contributed by atoms with E-state index in [9.17, 15) is 4.79 Å². The van der Waals surface area contributed by atoms with Gasteiger partial charge in [0.15, 0.2) is 0 Å². The normalized spacial score (nSPS) is 12.0. The van der Waals surface area contributed by atoms with Crippen molar-refractivity contribution >= 4 is 29.3 Å². The number of hydrogen-bond acceptors (Lipinski definition) is 6. The number of rotatable bonds is 8. The summed E-state index contributed by atoms with van der Waals surface area (Å²) < 4.78 is 10.8. The molecule has 6 nitrogen and oxygen atoms in total. The molecule has 3 aromatic rings. The lowest BCUT2D eigenvalue weighted by Crippen LogP contribution is -2.32. The van der Waals surface area contributed by atoms with E-state index in [0.29, 0.717) is 16.1 Å². The number of nitrogens with zero attached hydrogens (tertiary/aromatic N) is 2. The number of hydrogen-bond donors (Lipinski definition) is 1. The van der Waals surface area contributed by atoms with Crippen LogP contribution in [-0.4, -0.2) is 29.0 Å². The van der Waals surface area contributed by atoms with Crippen LogP contribution in [0.2, 0.25) is 5.02 Å². The van der Waals surface area contributed by atoms with Crippen molar-refractivity contribution in [3.8, 4) is 17.2 Å². The third-order valence-electron chi connectivity index (χ3n) is 4.28. The number of aromatic nitrogens is 2. The van der Waals surface area contributed by atoms with Gasteiger partial charge in [0, 0.05) is 10.6 Å². The topological polar surface area (TPSA) is 77.2 Å². The van der Waals surface area contributed by atoms with Crippen LogP contribution in [0.1, 0.15) is 25.5 Å². The van der Waals surface area contributed by atoms with E-state index in [1.165, 1.54) is 11.8 Å². The zero-order valence-electron chi connectivity index (χ0n) is 16.4. The molecule has 1 N–H and O–H groups in total. The third-order valence-corrected chi connectivity index (χ3v) is 5.35. The molecule has 0 saturated heterocycles. The van der Waals surface area contributed by atoms with Crippen molar-refractivity contribution in [2.75, 3.05) is 12.9 Å². The summed E-state index contributed by atoms with van der Waals surface area (Å²) in [7, 11) is 1.61. The summed E-state index contributed by atoms with van der Waals surface area (Å²) in [6, 6.07) is 14.7. The highest BCUT2D eigenvalue weighted by molar-refractivity contribution is 7.99. The first-order valence-electron chi connectivity index (χ1n) is 9.12. The van der Waals surface area contributed by atoms with Crippen LogP contribution in [0.3, 0.4) is 0 Å². The highest BCUT2D eigenvalue weighted by atomic mass is 35.5. The maximum absolute atomic E-state index is 12.5. The Bertz CT molecular complexity index is 943. The fourth-order valence-electron chi connectivity index (χ4n) is 2.77. The van der Waals surface area contributed by atoms with Gasteiger partial charge in [-0.15, -0.1) is 10.2 Å². The quantitative estimate of drug-likeness (QED) is 0.505. The molecule has 1 amide bonds. The molecule has 3 rings (SSSR count). The van der Waals surface area contributed by atoms with E-state index in [-0.39, 0.29) is 23.6 Å². The maximum Gasteiger partial charge on any atom is 0.277 e. The van der Waals surface area contributed by atoms with Gasteiger partial charge in [0.05, 0.1) is 18.9 Å². The smallest absolute Gasteiger partial charge is 0.277 e. The van der Waals surface area contributed by atoms with Gasteiger partial charge in [-0.1, -0.05) is 49.3 Å². The van der Waals surface area contributed by atoms with E-state index in [4.69, 9.17) is 20.8 Å². The second-order valence-corrected chi connectivity index (χ2v) is 8.09. The number of carbonyl (C=O) groups is 1. The molecule has 1 heterocycles. The molecule has 1 unspecified atom stereocenters. The van der Waals surface area contributed by atoms with E-state index in [0.717, 1.165) is 16.9 Å². The minimum Gasteiger partial charge on any atom is -0.497 e. The zero-order valence-corrected chi connectivity index (χ0v) is 18.0. The van der Waals surface area contributed by atoms with Gasteiger partial charge in [-0.3, -0.25) is 4.79 Å². The van der Waals surface area contributed by atoms with E-state index in [1.807, 2.05) is 48.5 Å².